The summed E-state index contributed by atoms with van der Waals surface area (Å²) in [6.07, 6.45) is -7.26. The summed E-state index contributed by atoms with van der Waals surface area (Å²) in [7, 11) is 6.76. The van der Waals surface area contributed by atoms with Gasteiger partial charge in [0.15, 0.2) is 12.6 Å². The molecule has 3 aliphatic rings. The fourth-order valence-corrected chi connectivity index (χ4v) is 8.95. The number of carbonyl (C=O) groups excluding carboxylic acids is 1. The van der Waals surface area contributed by atoms with Gasteiger partial charge in [0.1, 0.15) is 30.0 Å². The highest BCUT2D eigenvalue weighted by Crippen LogP contribution is 2.40. The van der Waals surface area contributed by atoms with Crippen LogP contribution in [0.2, 0.25) is 0 Å². The molecule has 0 aliphatic carbocycles. The van der Waals surface area contributed by atoms with Crippen molar-refractivity contribution in [3.8, 4) is 0 Å². The van der Waals surface area contributed by atoms with Crippen molar-refractivity contribution in [2.45, 2.75) is 185 Å². The maximum Gasteiger partial charge on any atom is 0.311 e. The zero-order valence-electron chi connectivity index (χ0n) is 34.2. The molecule has 3 rings (SSSR count). The van der Waals surface area contributed by atoms with Gasteiger partial charge in [-0.05, 0) is 87.7 Å². The summed E-state index contributed by atoms with van der Waals surface area (Å²) in [5.74, 6) is -2.40. The van der Waals surface area contributed by atoms with E-state index in [2.05, 4.69) is 10.2 Å². The quantitative estimate of drug-likeness (QED) is 0.228. The Morgan fingerprint density at radius 2 is 1.60 bits per heavy atom. The molecular formula is C38H72N2O12. The zero-order valence-corrected chi connectivity index (χ0v) is 34.2. The van der Waals surface area contributed by atoms with Crippen LogP contribution >= 0.6 is 0 Å². The molecule has 3 aliphatic heterocycles. The van der Waals surface area contributed by atoms with Gasteiger partial charge in [-0.25, -0.2) is 0 Å². The van der Waals surface area contributed by atoms with Gasteiger partial charge in [0, 0.05) is 45.2 Å². The smallest absolute Gasteiger partial charge is 0.311 e. The Kier molecular flexibility index (Phi) is 16.0. The zero-order chi connectivity index (χ0) is 39.5. The van der Waals surface area contributed by atoms with Gasteiger partial charge in [-0.3, -0.25) is 4.79 Å². The third-order valence-corrected chi connectivity index (χ3v) is 12.2. The van der Waals surface area contributed by atoms with Crippen LogP contribution in [0.5, 0.6) is 0 Å². The predicted molar refractivity (Wildman–Crippen MR) is 194 cm³/mol. The van der Waals surface area contributed by atoms with Crippen LogP contribution in [0.3, 0.4) is 0 Å². The fraction of sp³-hybridized carbons (Fsp3) is 0.974. The summed E-state index contributed by atoms with van der Waals surface area (Å²) in [6, 6.07) is -0.611. The van der Waals surface area contributed by atoms with Crippen LogP contribution in [0, 0.1) is 17.8 Å². The largest absolute Gasteiger partial charge is 0.459 e. The first kappa shape index (κ1) is 45.4. The van der Waals surface area contributed by atoms with Gasteiger partial charge in [-0.2, -0.15) is 0 Å². The molecule has 0 radical (unpaired) electrons. The summed E-state index contributed by atoms with van der Waals surface area (Å²) in [4.78, 5) is 16.4. The minimum atomic E-state index is -1.57. The third-order valence-electron chi connectivity index (χ3n) is 12.2. The van der Waals surface area contributed by atoms with Crippen molar-refractivity contribution in [3.05, 3.63) is 0 Å². The van der Waals surface area contributed by atoms with Crippen LogP contribution in [0.1, 0.15) is 94.9 Å². The van der Waals surface area contributed by atoms with Crippen molar-refractivity contribution >= 4 is 5.97 Å². The molecule has 5 N–H and O–H groups in total. The van der Waals surface area contributed by atoms with Crippen LogP contribution in [0.15, 0.2) is 0 Å². The number of nitrogens with zero attached hydrogens (tertiary/aromatic N) is 1. The Balaban J connectivity index is 2.18. The molecule has 3 fully saturated rings. The van der Waals surface area contributed by atoms with Crippen LogP contribution in [-0.2, 0) is 38.0 Å². The second-order valence-electron chi connectivity index (χ2n) is 16.7. The van der Waals surface area contributed by atoms with Crippen LogP contribution in [0.25, 0.3) is 0 Å². The van der Waals surface area contributed by atoms with Crippen molar-refractivity contribution in [1.29, 1.82) is 0 Å². The van der Waals surface area contributed by atoms with Crippen molar-refractivity contribution in [1.82, 2.24) is 10.2 Å². The van der Waals surface area contributed by atoms with Crippen molar-refractivity contribution < 1.29 is 58.4 Å². The van der Waals surface area contributed by atoms with Crippen molar-refractivity contribution in [2.75, 3.05) is 34.9 Å². The average Bonchev–Trinajstić information content (AvgIpc) is 3.06. The molecule has 0 spiro atoms. The van der Waals surface area contributed by atoms with E-state index >= 15 is 0 Å². The minimum absolute atomic E-state index is 0.0856. The Morgan fingerprint density at radius 3 is 2.15 bits per heavy atom. The van der Waals surface area contributed by atoms with Gasteiger partial charge in [0.2, 0.25) is 0 Å². The van der Waals surface area contributed by atoms with Crippen molar-refractivity contribution in [2.24, 2.45) is 17.8 Å². The maximum atomic E-state index is 14.3. The number of hydrogen-bond donors (Lipinski definition) is 5. The average molecular weight is 749 g/mol. The van der Waals surface area contributed by atoms with E-state index in [0.29, 0.717) is 19.4 Å². The maximum absolute atomic E-state index is 14.3. The van der Waals surface area contributed by atoms with Crippen LogP contribution < -0.4 is 5.32 Å². The summed E-state index contributed by atoms with van der Waals surface area (Å²) in [5.41, 5.74) is -4.10. The molecule has 1 unspecified atom stereocenters. The second kappa shape index (κ2) is 18.3. The third kappa shape index (κ3) is 10.0. The molecule has 0 saturated carbocycles. The molecule has 0 aromatic carbocycles. The lowest BCUT2D eigenvalue weighted by atomic mass is 9.77. The Hall–Kier alpha value is -1.01. The van der Waals surface area contributed by atoms with Gasteiger partial charge >= 0.3 is 5.97 Å². The number of likely N-dealkylation sites (N-methyl/N-ethyl adjacent to an activating group) is 2. The molecule has 0 aromatic heterocycles. The van der Waals surface area contributed by atoms with Crippen LogP contribution in [0.4, 0.5) is 0 Å². The van der Waals surface area contributed by atoms with E-state index in [1.165, 1.54) is 14.2 Å². The normalized spacial score (nSPS) is 49.5. The number of rotatable bonds is 8. The minimum Gasteiger partial charge on any atom is -0.459 e. The Morgan fingerprint density at radius 1 is 0.962 bits per heavy atom. The van der Waals surface area contributed by atoms with Crippen molar-refractivity contribution in [3.63, 3.8) is 0 Å². The first-order valence-electron chi connectivity index (χ1n) is 19.2. The number of carbonyl (C=O) groups is 1. The number of methoxy groups -OCH3 is 2. The van der Waals surface area contributed by atoms with E-state index in [9.17, 15) is 25.2 Å². The molecule has 14 heteroatoms. The molecular weight excluding hydrogens is 676 g/mol. The highest BCUT2D eigenvalue weighted by atomic mass is 16.7. The van der Waals surface area contributed by atoms with Crippen LogP contribution in [-0.4, -0.2) is 156 Å². The van der Waals surface area contributed by atoms with E-state index in [0.717, 1.165) is 0 Å². The van der Waals surface area contributed by atoms with E-state index < -0.39 is 89.9 Å². The fourth-order valence-electron chi connectivity index (χ4n) is 8.95. The number of hydrogen-bond acceptors (Lipinski definition) is 14. The van der Waals surface area contributed by atoms with Gasteiger partial charge in [0.25, 0.3) is 0 Å². The van der Waals surface area contributed by atoms with E-state index in [-0.39, 0.29) is 36.9 Å². The standard InChI is InChI=1S/C38H72N2O12/c1-15-27-38(10,45)33(46-13)24(6)40(12)19-20(2)17-36(8,44)32(52-35-29(41)26(39-11)16-21(3)48-35)22(4)30(23(5)34(43)50-27)51-28-18-37(9,47-14)31(42)25(7)49-28/h20-33,35,39,41-42,44-45H,15-19H2,1-14H3/t20-,21-,22+,23-,24-,25+,26+,27?,28+,29-,30+,31+,32-,33-,35+,36-,37-,38+/m1/s1. The number of aliphatic hydroxyl groups excluding tert-OH is 2. The van der Waals surface area contributed by atoms with Gasteiger partial charge < -0.3 is 63.8 Å². The summed E-state index contributed by atoms with van der Waals surface area (Å²) in [5, 5.41) is 50.0. The summed E-state index contributed by atoms with van der Waals surface area (Å²) < 4.78 is 43.5. The highest BCUT2D eigenvalue weighted by molar-refractivity contribution is 5.73. The molecule has 18 atom stereocenters. The summed E-state index contributed by atoms with van der Waals surface area (Å²) >= 11 is 0. The highest BCUT2D eigenvalue weighted by Gasteiger charge is 2.52. The number of cyclic esters (lactones) is 1. The lowest BCUT2D eigenvalue weighted by molar-refractivity contribution is -0.316. The molecule has 3 saturated heterocycles. The number of esters is 1. The molecule has 52 heavy (non-hydrogen) atoms. The first-order chi connectivity index (χ1) is 24.1. The lowest BCUT2D eigenvalue weighted by Gasteiger charge is -2.48. The Bertz CT molecular complexity index is 1130. The number of nitrogens with one attached hydrogen (secondary N) is 1. The topological polar surface area (TPSA) is 178 Å². The Labute approximate surface area is 312 Å². The van der Waals surface area contributed by atoms with E-state index in [1.807, 2.05) is 41.7 Å². The predicted octanol–water partition coefficient (Wildman–Crippen LogP) is 2.21. The number of aliphatic hydroxyl groups is 4. The molecule has 14 nitrogen and oxygen atoms in total. The molecule has 0 aromatic rings. The van der Waals surface area contributed by atoms with E-state index in [1.54, 1.807) is 41.7 Å². The molecule has 0 amide bonds. The van der Waals surface area contributed by atoms with E-state index in [4.69, 9.17) is 33.2 Å². The molecule has 0 bridgehead atoms. The van der Waals surface area contributed by atoms with Gasteiger partial charge in [0.05, 0.1) is 41.5 Å². The second-order valence-corrected chi connectivity index (χ2v) is 16.7. The van der Waals surface area contributed by atoms with Gasteiger partial charge in [-0.15, -0.1) is 0 Å². The monoisotopic (exact) mass is 749 g/mol. The molecule has 306 valence electrons. The lowest BCUT2D eigenvalue weighted by Crippen LogP contribution is -2.60. The first-order valence-corrected chi connectivity index (χ1v) is 19.2. The number of ether oxygens (including phenoxy) is 7. The summed E-state index contributed by atoms with van der Waals surface area (Å²) in [6.45, 7) is 18.6. The SMILES string of the molecule is CCC1OC(=O)[C@H](C)[C@@H](O[C@H]2C[C@@](C)(OC)[C@@H](O)[C@H](C)O2)[C@H](C)[C@@H](O[C@@H]2O[C@H](C)C[C@H](NC)[C@H]2O)[C@](C)(O)C[C@@H](C)CN(C)[C@H](C)[C@@H](OC)[C@@]1(C)O. The van der Waals surface area contributed by atoms with Gasteiger partial charge in [-0.1, -0.05) is 20.8 Å². The molecule has 3 heterocycles.